The van der Waals surface area contributed by atoms with Crippen molar-refractivity contribution in [2.24, 2.45) is 0 Å². The van der Waals surface area contributed by atoms with Crippen LogP contribution in [-0.4, -0.2) is 20.8 Å². The van der Waals surface area contributed by atoms with E-state index in [1.165, 1.54) is 0 Å². The summed E-state index contributed by atoms with van der Waals surface area (Å²) in [5, 5.41) is 9.81. The summed E-state index contributed by atoms with van der Waals surface area (Å²) in [5.41, 5.74) is 1.14. The number of hydrogen-bond acceptors (Lipinski definition) is 2. The van der Waals surface area contributed by atoms with E-state index >= 15 is 0 Å². The average Bonchev–Trinajstić information content (AvgIpc) is 2.89. The normalized spacial score (nSPS) is 24.1. The molecule has 1 heterocycles. The van der Waals surface area contributed by atoms with Crippen molar-refractivity contribution in [3.8, 4) is 11.4 Å². The first-order chi connectivity index (χ1) is 8.84. The van der Waals surface area contributed by atoms with Crippen LogP contribution in [0.1, 0.15) is 31.7 Å². The number of aliphatic hydroxyl groups is 1. The molecule has 1 aliphatic carbocycles. The Morgan fingerprint density at radius 2 is 2.00 bits per heavy atom. The van der Waals surface area contributed by atoms with Gasteiger partial charge in [0.15, 0.2) is 0 Å². The van der Waals surface area contributed by atoms with E-state index in [0.717, 1.165) is 37.1 Å². The van der Waals surface area contributed by atoms with Crippen molar-refractivity contribution in [2.75, 3.05) is 0 Å². The molecule has 0 radical (unpaired) electrons. The Morgan fingerprint density at radius 1 is 1.17 bits per heavy atom. The summed E-state index contributed by atoms with van der Waals surface area (Å²) in [7, 11) is 0. The molecule has 3 heteroatoms. The Labute approximate surface area is 107 Å². The zero-order chi connectivity index (χ0) is 12.4. The molecule has 2 aromatic rings. The smallest absolute Gasteiger partial charge is 0.140 e. The summed E-state index contributed by atoms with van der Waals surface area (Å²) in [4.78, 5) is 4.47. The van der Waals surface area contributed by atoms with E-state index in [1.807, 2.05) is 30.6 Å². The van der Waals surface area contributed by atoms with Crippen LogP contribution in [0.4, 0.5) is 0 Å². The van der Waals surface area contributed by atoms with Crippen LogP contribution in [0.25, 0.3) is 11.4 Å². The van der Waals surface area contributed by atoms with Gasteiger partial charge in [0.25, 0.3) is 0 Å². The number of nitrogens with zero attached hydrogens (tertiary/aromatic N) is 2. The second-order valence-electron chi connectivity index (χ2n) is 5.00. The maximum absolute atomic E-state index is 9.81. The summed E-state index contributed by atoms with van der Waals surface area (Å²) in [6.45, 7) is 0. The fourth-order valence-electron chi connectivity index (χ4n) is 2.81. The summed E-state index contributed by atoms with van der Waals surface area (Å²) in [6.07, 6.45) is 7.73. The van der Waals surface area contributed by atoms with Gasteiger partial charge >= 0.3 is 0 Å². The lowest BCUT2D eigenvalue weighted by Gasteiger charge is -2.28. The molecule has 18 heavy (non-hydrogen) atoms. The fraction of sp³-hybridized carbons (Fsp3) is 0.400. The van der Waals surface area contributed by atoms with Crippen molar-refractivity contribution in [3.63, 3.8) is 0 Å². The van der Waals surface area contributed by atoms with E-state index in [0.29, 0.717) is 6.04 Å². The highest BCUT2D eigenvalue weighted by Crippen LogP contribution is 2.31. The van der Waals surface area contributed by atoms with Crippen LogP contribution in [0, 0.1) is 0 Å². The second-order valence-corrected chi connectivity index (χ2v) is 5.00. The molecule has 1 N–H and O–H groups in total. The van der Waals surface area contributed by atoms with Gasteiger partial charge in [-0.1, -0.05) is 30.3 Å². The third-order valence-corrected chi connectivity index (χ3v) is 3.71. The number of hydrogen-bond donors (Lipinski definition) is 1. The largest absolute Gasteiger partial charge is 0.393 e. The molecule has 3 nitrogen and oxygen atoms in total. The van der Waals surface area contributed by atoms with Crippen molar-refractivity contribution in [1.82, 2.24) is 9.55 Å². The van der Waals surface area contributed by atoms with Gasteiger partial charge in [-0.05, 0) is 25.7 Å². The number of rotatable bonds is 2. The SMILES string of the molecule is O[C@@H]1CCC[C@@H](n2ccnc2-c2ccccc2)C1. The molecule has 0 bridgehead atoms. The van der Waals surface area contributed by atoms with Gasteiger partial charge < -0.3 is 9.67 Å². The molecule has 94 valence electrons. The molecule has 3 rings (SSSR count). The first-order valence-electron chi connectivity index (χ1n) is 6.61. The third-order valence-electron chi connectivity index (χ3n) is 3.71. The van der Waals surface area contributed by atoms with Crippen molar-refractivity contribution in [2.45, 2.75) is 37.8 Å². The Kier molecular flexibility index (Phi) is 3.15. The van der Waals surface area contributed by atoms with Crippen LogP contribution in [0.2, 0.25) is 0 Å². The minimum atomic E-state index is -0.158. The van der Waals surface area contributed by atoms with Gasteiger partial charge in [-0.25, -0.2) is 4.98 Å². The number of aliphatic hydroxyl groups excluding tert-OH is 1. The van der Waals surface area contributed by atoms with Crippen molar-refractivity contribution in [3.05, 3.63) is 42.7 Å². The monoisotopic (exact) mass is 242 g/mol. The number of imidazole rings is 1. The van der Waals surface area contributed by atoms with Crippen molar-refractivity contribution < 1.29 is 5.11 Å². The quantitative estimate of drug-likeness (QED) is 0.879. The van der Waals surface area contributed by atoms with Crippen LogP contribution >= 0.6 is 0 Å². The average molecular weight is 242 g/mol. The predicted octanol–water partition coefficient (Wildman–Crippen LogP) is 3.03. The molecule has 0 spiro atoms. The van der Waals surface area contributed by atoms with E-state index in [9.17, 15) is 5.11 Å². The van der Waals surface area contributed by atoms with Crippen LogP contribution in [-0.2, 0) is 0 Å². The van der Waals surface area contributed by atoms with Gasteiger partial charge in [0.05, 0.1) is 6.10 Å². The van der Waals surface area contributed by atoms with E-state index in [1.54, 1.807) is 0 Å². The number of benzene rings is 1. The molecule has 1 aromatic heterocycles. The Hall–Kier alpha value is -1.61. The zero-order valence-electron chi connectivity index (χ0n) is 10.4. The predicted molar refractivity (Wildman–Crippen MR) is 71.2 cm³/mol. The second kappa shape index (κ2) is 4.94. The van der Waals surface area contributed by atoms with Crippen LogP contribution < -0.4 is 0 Å². The first-order valence-corrected chi connectivity index (χ1v) is 6.61. The minimum Gasteiger partial charge on any atom is -0.393 e. The standard InChI is InChI=1S/C15H18N2O/c18-14-8-4-7-13(11-14)17-10-9-16-15(17)12-5-2-1-3-6-12/h1-3,5-6,9-10,13-14,18H,4,7-8,11H2/t13-,14-/m1/s1. The molecular formula is C15H18N2O. The number of aromatic nitrogens is 2. The molecule has 2 atom stereocenters. The Balaban J connectivity index is 1.92. The van der Waals surface area contributed by atoms with Crippen LogP contribution in [0.15, 0.2) is 42.7 Å². The highest BCUT2D eigenvalue weighted by atomic mass is 16.3. The van der Waals surface area contributed by atoms with Gasteiger partial charge in [-0.2, -0.15) is 0 Å². The molecule has 0 unspecified atom stereocenters. The van der Waals surface area contributed by atoms with E-state index in [-0.39, 0.29) is 6.10 Å². The summed E-state index contributed by atoms with van der Waals surface area (Å²) in [5.74, 6) is 1.01. The lowest BCUT2D eigenvalue weighted by atomic mass is 9.92. The van der Waals surface area contributed by atoms with Gasteiger partial charge in [0.2, 0.25) is 0 Å². The molecule has 0 amide bonds. The van der Waals surface area contributed by atoms with Gasteiger partial charge in [-0.15, -0.1) is 0 Å². The molecule has 1 aliphatic rings. The molecule has 0 aliphatic heterocycles. The minimum absolute atomic E-state index is 0.158. The van der Waals surface area contributed by atoms with Crippen LogP contribution in [0.5, 0.6) is 0 Å². The zero-order valence-corrected chi connectivity index (χ0v) is 10.4. The molecule has 1 saturated carbocycles. The molecule has 0 saturated heterocycles. The molecule has 1 fully saturated rings. The van der Waals surface area contributed by atoms with Gasteiger partial charge in [-0.3, -0.25) is 0 Å². The highest BCUT2D eigenvalue weighted by molar-refractivity contribution is 5.55. The summed E-state index contributed by atoms with van der Waals surface area (Å²) in [6, 6.07) is 10.6. The van der Waals surface area contributed by atoms with E-state index in [2.05, 4.69) is 21.7 Å². The lowest BCUT2D eigenvalue weighted by molar-refractivity contribution is 0.104. The summed E-state index contributed by atoms with van der Waals surface area (Å²) >= 11 is 0. The fourth-order valence-corrected chi connectivity index (χ4v) is 2.81. The van der Waals surface area contributed by atoms with E-state index < -0.39 is 0 Å². The maximum Gasteiger partial charge on any atom is 0.140 e. The Morgan fingerprint density at radius 3 is 2.78 bits per heavy atom. The van der Waals surface area contributed by atoms with Crippen molar-refractivity contribution in [1.29, 1.82) is 0 Å². The third kappa shape index (κ3) is 2.18. The highest BCUT2D eigenvalue weighted by Gasteiger charge is 2.23. The van der Waals surface area contributed by atoms with Gasteiger partial charge in [0, 0.05) is 24.0 Å². The maximum atomic E-state index is 9.81. The van der Waals surface area contributed by atoms with Crippen LogP contribution in [0.3, 0.4) is 0 Å². The molecular weight excluding hydrogens is 224 g/mol. The van der Waals surface area contributed by atoms with Crippen molar-refractivity contribution >= 4 is 0 Å². The molecule has 1 aromatic carbocycles. The van der Waals surface area contributed by atoms with Gasteiger partial charge in [0.1, 0.15) is 5.82 Å². The Bertz CT molecular complexity index is 506. The first kappa shape index (κ1) is 11.5. The topological polar surface area (TPSA) is 38.0 Å². The summed E-state index contributed by atoms with van der Waals surface area (Å²) < 4.78 is 2.22. The lowest BCUT2D eigenvalue weighted by Crippen LogP contribution is -2.22. The van der Waals surface area contributed by atoms with E-state index in [4.69, 9.17) is 0 Å².